The third kappa shape index (κ3) is 3.91. The molecule has 0 saturated heterocycles. The van der Waals surface area contributed by atoms with Crippen molar-refractivity contribution in [2.75, 3.05) is 25.0 Å². The quantitative estimate of drug-likeness (QED) is 0.611. The Hall–Kier alpha value is -1.23. The Bertz CT molecular complexity index is 525. The Morgan fingerprint density at radius 2 is 2.22 bits per heavy atom. The molecule has 0 radical (unpaired) electrons. The Balaban J connectivity index is 2.81. The summed E-state index contributed by atoms with van der Waals surface area (Å²) in [7, 11) is -2.38. The molecule has 1 aromatic rings. The number of hydrogen-bond donors (Lipinski definition) is 3. The first-order valence-electron chi connectivity index (χ1n) is 4.83. The van der Waals surface area contributed by atoms with Crippen molar-refractivity contribution < 1.29 is 23.1 Å². The second-order valence-electron chi connectivity index (χ2n) is 3.27. The van der Waals surface area contributed by atoms with Crippen molar-refractivity contribution in [3.05, 3.63) is 11.3 Å². The Kier molecular flexibility index (Phi) is 5.02. The normalized spacial score (nSPS) is 11.4. The highest BCUT2D eigenvalue weighted by Gasteiger charge is 2.21. The van der Waals surface area contributed by atoms with Crippen LogP contribution in [0.15, 0.2) is 0 Å². The predicted molar refractivity (Wildman–Crippen MR) is 66.2 cm³/mol. The molecule has 0 fully saturated rings. The number of carboxylic acids is 1. The van der Waals surface area contributed by atoms with Gasteiger partial charge in [0, 0.05) is 13.7 Å². The maximum atomic E-state index is 11.6. The zero-order chi connectivity index (χ0) is 13.8. The highest BCUT2D eigenvalue weighted by molar-refractivity contribution is 7.91. The van der Waals surface area contributed by atoms with E-state index in [0.717, 1.165) is 11.5 Å². The summed E-state index contributed by atoms with van der Waals surface area (Å²) in [5.41, 5.74) is 0.124. The van der Waals surface area contributed by atoms with E-state index in [-0.39, 0.29) is 29.4 Å². The lowest BCUT2D eigenvalue weighted by Crippen LogP contribution is -2.32. The van der Waals surface area contributed by atoms with Gasteiger partial charge in [0.15, 0.2) is 0 Å². The number of hydrogen-bond acceptors (Lipinski definition) is 6. The summed E-state index contributed by atoms with van der Waals surface area (Å²) in [5, 5.41) is 8.91. The zero-order valence-corrected chi connectivity index (χ0v) is 11.4. The summed E-state index contributed by atoms with van der Waals surface area (Å²) in [6.45, 7) is 1.80. The van der Waals surface area contributed by atoms with Crippen molar-refractivity contribution in [2.45, 2.75) is 6.92 Å². The first-order valence-corrected chi connectivity index (χ1v) is 7.09. The fourth-order valence-electron chi connectivity index (χ4n) is 1.13. The second kappa shape index (κ2) is 6.09. The van der Waals surface area contributed by atoms with Crippen LogP contribution in [-0.4, -0.2) is 44.1 Å². The molecule has 0 amide bonds. The highest BCUT2D eigenvalue weighted by atomic mass is 32.2. The summed E-state index contributed by atoms with van der Waals surface area (Å²) in [6.07, 6.45) is 0. The molecule has 0 saturated carbocycles. The Labute approximate surface area is 108 Å². The number of anilines is 1. The molecule has 10 heteroatoms. The average Bonchev–Trinajstić information content (AvgIpc) is 2.59. The van der Waals surface area contributed by atoms with Crippen LogP contribution in [0.3, 0.4) is 0 Å². The summed E-state index contributed by atoms with van der Waals surface area (Å²) >= 11 is 0.778. The van der Waals surface area contributed by atoms with Gasteiger partial charge in [-0.25, -0.2) is 4.79 Å². The number of ether oxygens (including phenoxy) is 1. The smallest absolute Gasteiger partial charge is 0.340 e. The van der Waals surface area contributed by atoms with Crippen LogP contribution in [0.25, 0.3) is 0 Å². The minimum atomic E-state index is -3.82. The standard InChI is InChI=1S/C8H13N3O5S2/c1-5-6(8(12)13)7(17-10-5)11-18(14,15)9-3-4-16-2/h9,11H,3-4H2,1-2H3,(H,12,13). The van der Waals surface area contributed by atoms with E-state index < -0.39 is 16.2 Å². The number of nitrogens with one attached hydrogen (secondary N) is 2. The Morgan fingerprint density at radius 3 is 2.78 bits per heavy atom. The SMILES string of the molecule is COCCNS(=O)(=O)Nc1snc(C)c1C(=O)O. The molecule has 0 aromatic carbocycles. The lowest BCUT2D eigenvalue weighted by atomic mass is 10.2. The molecule has 0 unspecified atom stereocenters. The summed E-state index contributed by atoms with van der Waals surface area (Å²) < 4.78 is 36.0. The van der Waals surface area contributed by atoms with E-state index in [1.165, 1.54) is 14.0 Å². The third-order valence-corrected chi connectivity index (χ3v) is 3.94. The van der Waals surface area contributed by atoms with E-state index in [1.54, 1.807) is 0 Å². The molecule has 0 aliphatic carbocycles. The van der Waals surface area contributed by atoms with Crippen LogP contribution in [-0.2, 0) is 14.9 Å². The van der Waals surface area contributed by atoms with Gasteiger partial charge in [-0.15, -0.1) is 0 Å². The second-order valence-corrected chi connectivity index (χ2v) is 5.54. The first kappa shape index (κ1) is 14.8. The van der Waals surface area contributed by atoms with Crippen molar-refractivity contribution in [1.82, 2.24) is 9.10 Å². The number of rotatable bonds is 7. The lowest BCUT2D eigenvalue weighted by Gasteiger charge is -2.07. The van der Waals surface area contributed by atoms with Gasteiger partial charge in [-0.3, -0.25) is 4.72 Å². The molecule has 102 valence electrons. The average molecular weight is 295 g/mol. The minimum Gasteiger partial charge on any atom is -0.478 e. The maximum absolute atomic E-state index is 11.6. The fourth-order valence-corrected chi connectivity index (χ4v) is 3.02. The fraction of sp³-hybridized carbons (Fsp3) is 0.500. The topological polar surface area (TPSA) is 118 Å². The van der Waals surface area contributed by atoms with Gasteiger partial charge in [0.1, 0.15) is 10.6 Å². The number of carboxylic acid groups (broad SMARTS) is 1. The minimum absolute atomic E-state index is 0.0232. The number of carbonyl (C=O) groups is 1. The van der Waals surface area contributed by atoms with E-state index in [1.807, 2.05) is 0 Å². The lowest BCUT2D eigenvalue weighted by molar-refractivity contribution is 0.0697. The van der Waals surface area contributed by atoms with Crippen molar-refractivity contribution in [1.29, 1.82) is 0 Å². The molecule has 0 spiro atoms. The van der Waals surface area contributed by atoms with E-state index in [4.69, 9.17) is 9.84 Å². The van der Waals surface area contributed by atoms with Crippen LogP contribution in [0.1, 0.15) is 16.1 Å². The molecule has 1 heterocycles. The van der Waals surface area contributed by atoms with Gasteiger partial charge in [0.2, 0.25) is 0 Å². The van der Waals surface area contributed by atoms with Gasteiger partial charge in [-0.05, 0) is 18.5 Å². The van der Waals surface area contributed by atoms with Crippen LogP contribution in [0, 0.1) is 6.92 Å². The molecule has 8 nitrogen and oxygen atoms in total. The van der Waals surface area contributed by atoms with Gasteiger partial charge in [-0.2, -0.15) is 17.5 Å². The molecule has 0 aliphatic rings. The highest BCUT2D eigenvalue weighted by Crippen LogP contribution is 2.24. The van der Waals surface area contributed by atoms with Crippen molar-refractivity contribution in [2.24, 2.45) is 0 Å². The number of aromatic nitrogens is 1. The van der Waals surface area contributed by atoms with Gasteiger partial charge in [-0.1, -0.05) is 0 Å². The van der Waals surface area contributed by atoms with Crippen LogP contribution >= 0.6 is 11.5 Å². The van der Waals surface area contributed by atoms with Gasteiger partial charge < -0.3 is 9.84 Å². The van der Waals surface area contributed by atoms with Crippen LogP contribution in [0.5, 0.6) is 0 Å². The van der Waals surface area contributed by atoms with Crippen LogP contribution in [0.4, 0.5) is 5.00 Å². The molecule has 3 N–H and O–H groups in total. The van der Waals surface area contributed by atoms with Gasteiger partial charge in [0.05, 0.1) is 12.3 Å². The van der Waals surface area contributed by atoms with Crippen molar-refractivity contribution >= 4 is 32.7 Å². The molecular formula is C8H13N3O5S2. The van der Waals surface area contributed by atoms with Crippen molar-refractivity contribution in [3.63, 3.8) is 0 Å². The number of nitrogens with zero attached hydrogens (tertiary/aromatic N) is 1. The first-order chi connectivity index (χ1) is 8.37. The number of aromatic carboxylic acids is 1. The molecule has 0 bridgehead atoms. The molecule has 0 aliphatic heterocycles. The van der Waals surface area contributed by atoms with Gasteiger partial charge >= 0.3 is 5.97 Å². The monoisotopic (exact) mass is 295 g/mol. The van der Waals surface area contributed by atoms with E-state index in [2.05, 4.69) is 13.8 Å². The zero-order valence-electron chi connectivity index (χ0n) is 9.76. The van der Waals surface area contributed by atoms with Gasteiger partial charge in [0.25, 0.3) is 10.2 Å². The van der Waals surface area contributed by atoms with Crippen molar-refractivity contribution in [3.8, 4) is 0 Å². The maximum Gasteiger partial charge on any atom is 0.340 e. The molecular weight excluding hydrogens is 282 g/mol. The Morgan fingerprint density at radius 1 is 1.56 bits per heavy atom. The molecule has 18 heavy (non-hydrogen) atoms. The summed E-state index contributed by atoms with van der Waals surface area (Å²) in [5.74, 6) is -1.23. The van der Waals surface area contributed by atoms with E-state index >= 15 is 0 Å². The number of methoxy groups -OCH3 is 1. The van der Waals surface area contributed by atoms with E-state index in [9.17, 15) is 13.2 Å². The van der Waals surface area contributed by atoms with E-state index in [0.29, 0.717) is 0 Å². The van der Waals surface area contributed by atoms with Crippen LogP contribution < -0.4 is 9.44 Å². The number of aryl methyl sites for hydroxylation is 1. The summed E-state index contributed by atoms with van der Waals surface area (Å²) in [6, 6.07) is 0. The molecule has 0 atom stereocenters. The third-order valence-electron chi connectivity index (χ3n) is 1.90. The predicted octanol–water partition coefficient (Wildman–Crippen LogP) is 0.0424. The largest absolute Gasteiger partial charge is 0.478 e. The molecule has 1 rings (SSSR count). The summed E-state index contributed by atoms with van der Waals surface area (Å²) in [4.78, 5) is 10.9. The van der Waals surface area contributed by atoms with Crippen LogP contribution in [0.2, 0.25) is 0 Å². The molecule has 1 aromatic heterocycles.